The summed E-state index contributed by atoms with van der Waals surface area (Å²) < 4.78 is 1.73. The molecule has 2 heterocycles. The van der Waals surface area contributed by atoms with Crippen LogP contribution in [0, 0.1) is 6.92 Å². The fourth-order valence-corrected chi connectivity index (χ4v) is 1.97. The molecular weight excluding hydrogens is 196 g/mol. The van der Waals surface area contributed by atoms with Gasteiger partial charge in [-0.15, -0.1) is 11.3 Å². The lowest BCUT2D eigenvalue weighted by Gasteiger charge is -1.97. The number of thiophene rings is 1. The number of hydrogen-bond acceptors (Lipinski definition) is 3. The molecule has 0 aliphatic rings. The van der Waals surface area contributed by atoms with Gasteiger partial charge in [-0.3, -0.25) is 4.79 Å². The van der Waals surface area contributed by atoms with Gasteiger partial charge in [-0.05, 0) is 13.0 Å². The maximum atomic E-state index is 11.9. The minimum Gasteiger partial charge on any atom is -0.331 e. The first-order chi connectivity index (χ1) is 6.68. The summed E-state index contributed by atoms with van der Waals surface area (Å²) in [6, 6.07) is 1.90. The quantitative estimate of drug-likeness (QED) is 0.705. The van der Waals surface area contributed by atoms with E-state index in [1.165, 1.54) is 0 Å². The van der Waals surface area contributed by atoms with Crippen LogP contribution in [0.1, 0.15) is 20.9 Å². The molecule has 4 heteroatoms. The van der Waals surface area contributed by atoms with Gasteiger partial charge in [-0.25, -0.2) is 4.98 Å². The number of imidazole rings is 1. The number of rotatable bonds is 2. The smallest absolute Gasteiger partial charge is 0.211 e. The van der Waals surface area contributed by atoms with Crippen molar-refractivity contribution in [1.29, 1.82) is 0 Å². The Kier molecular flexibility index (Phi) is 2.21. The maximum Gasteiger partial charge on any atom is 0.211 e. The number of nitrogens with zero attached hydrogens (tertiary/aromatic N) is 2. The average molecular weight is 206 g/mol. The molecule has 0 bridgehead atoms. The summed E-state index contributed by atoms with van der Waals surface area (Å²) >= 11 is 1.59. The van der Waals surface area contributed by atoms with Crippen molar-refractivity contribution >= 4 is 17.1 Å². The van der Waals surface area contributed by atoms with Crippen molar-refractivity contribution in [2.24, 2.45) is 7.05 Å². The first-order valence-electron chi connectivity index (χ1n) is 4.24. The van der Waals surface area contributed by atoms with Crippen LogP contribution in [0.2, 0.25) is 0 Å². The molecule has 0 aliphatic heterocycles. The van der Waals surface area contributed by atoms with Crippen molar-refractivity contribution < 1.29 is 4.79 Å². The Morgan fingerprint density at radius 2 is 2.36 bits per heavy atom. The molecule has 0 spiro atoms. The fraction of sp³-hybridized carbons (Fsp3) is 0.200. The van der Waals surface area contributed by atoms with Crippen LogP contribution in [0.25, 0.3) is 0 Å². The van der Waals surface area contributed by atoms with Gasteiger partial charge in [0.1, 0.15) is 5.69 Å². The molecule has 0 saturated carbocycles. The van der Waals surface area contributed by atoms with Crippen LogP contribution >= 0.6 is 11.3 Å². The molecule has 2 rings (SSSR count). The molecule has 2 aromatic rings. The highest BCUT2D eigenvalue weighted by atomic mass is 32.1. The minimum absolute atomic E-state index is 0.0364. The largest absolute Gasteiger partial charge is 0.331 e. The van der Waals surface area contributed by atoms with Crippen LogP contribution in [-0.2, 0) is 7.05 Å². The normalized spacial score (nSPS) is 10.4. The van der Waals surface area contributed by atoms with Crippen molar-refractivity contribution in [3.63, 3.8) is 0 Å². The van der Waals surface area contributed by atoms with Gasteiger partial charge in [0.05, 0.1) is 12.5 Å². The average Bonchev–Trinajstić information content (AvgIpc) is 2.73. The summed E-state index contributed by atoms with van der Waals surface area (Å²) in [5.41, 5.74) is 1.37. The summed E-state index contributed by atoms with van der Waals surface area (Å²) in [7, 11) is 1.82. The van der Waals surface area contributed by atoms with Crippen molar-refractivity contribution in [2.75, 3.05) is 0 Å². The van der Waals surface area contributed by atoms with Crippen LogP contribution in [0.3, 0.4) is 0 Å². The Hall–Kier alpha value is -1.42. The van der Waals surface area contributed by atoms with Gasteiger partial charge in [-0.1, -0.05) is 0 Å². The monoisotopic (exact) mass is 206 g/mol. The number of carbonyl (C=O) groups excluding carboxylic acids is 1. The van der Waals surface area contributed by atoms with E-state index in [0.717, 1.165) is 10.4 Å². The molecule has 72 valence electrons. The second-order valence-electron chi connectivity index (χ2n) is 3.16. The van der Waals surface area contributed by atoms with E-state index in [-0.39, 0.29) is 5.78 Å². The molecule has 0 radical (unpaired) electrons. The fourth-order valence-electron chi connectivity index (χ4n) is 1.29. The molecule has 2 aromatic heterocycles. The zero-order chi connectivity index (χ0) is 10.1. The third-order valence-electron chi connectivity index (χ3n) is 2.04. The molecule has 0 aromatic carbocycles. The van der Waals surface area contributed by atoms with Crippen molar-refractivity contribution in [3.8, 4) is 0 Å². The predicted molar refractivity (Wildman–Crippen MR) is 55.7 cm³/mol. The highest BCUT2D eigenvalue weighted by Gasteiger charge is 2.13. The van der Waals surface area contributed by atoms with Gasteiger partial charge in [0, 0.05) is 22.9 Å². The number of ketones is 1. The third-order valence-corrected chi connectivity index (χ3v) is 2.90. The van der Waals surface area contributed by atoms with E-state index in [0.29, 0.717) is 5.69 Å². The summed E-state index contributed by atoms with van der Waals surface area (Å²) in [6.07, 6.45) is 3.22. The summed E-state index contributed by atoms with van der Waals surface area (Å²) in [5.74, 6) is 0.0364. The van der Waals surface area contributed by atoms with Crippen LogP contribution in [0.15, 0.2) is 24.0 Å². The number of aryl methyl sites for hydroxylation is 2. The van der Waals surface area contributed by atoms with Crippen LogP contribution < -0.4 is 0 Å². The number of hydrogen-bond donors (Lipinski definition) is 0. The lowest BCUT2D eigenvalue weighted by molar-refractivity contribution is 0.103. The van der Waals surface area contributed by atoms with Crippen molar-refractivity contribution in [1.82, 2.24) is 9.55 Å². The lowest BCUT2D eigenvalue weighted by atomic mass is 10.1. The summed E-state index contributed by atoms with van der Waals surface area (Å²) in [6.45, 7) is 1.99. The van der Waals surface area contributed by atoms with Gasteiger partial charge in [0.15, 0.2) is 0 Å². The first-order valence-corrected chi connectivity index (χ1v) is 5.12. The zero-order valence-corrected chi connectivity index (χ0v) is 8.84. The molecule has 3 nitrogen and oxygen atoms in total. The second kappa shape index (κ2) is 3.38. The van der Waals surface area contributed by atoms with Crippen LogP contribution in [0.5, 0.6) is 0 Å². The van der Waals surface area contributed by atoms with Gasteiger partial charge < -0.3 is 4.57 Å². The molecule has 0 fully saturated rings. The second-order valence-corrected chi connectivity index (χ2v) is 4.28. The molecule has 0 unspecified atom stereocenters. The standard InChI is InChI=1S/C10H10N2OS/c1-7-3-8(5-14-7)10(13)9-4-11-6-12(9)2/h3-6H,1-2H3. The molecule has 0 saturated heterocycles. The Morgan fingerprint density at radius 1 is 1.57 bits per heavy atom. The highest BCUT2D eigenvalue weighted by Crippen LogP contribution is 2.16. The van der Waals surface area contributed by atoms with E-state index in [9.17, 15) is 4.79 Å². The molecule has 14 heavy (non-hydrogen) atoms. The summed E-state index contributed by atoms with van der Waals surface area (Å²) in [4.78, 5) is 17.0. The summed E-state index contributed by atoms with van der Waals surface area (Å²) in [5, 5.41) is 1.88. The third kappa shape index (κ3) is 1.48. The Morgan fingerprint density at radius 3 is 2.86 bits per heavy atom. The Bertz CT molecular complexity index is 470. The van der Waals surface area contributed by atoms with Gasteiger partial charge in [0.2, 0.25) is 5.78 Å². The predicted octanol–water partition coefficient (Wildman–Crippen LogP) is 2.02. The van der Waals surface area contributed by atoms with E-state index in [2.05, 4.69) is 4.98 Å². The van der Waals surface area contributed by atoms with E-state index in [1.807, 2.05) is 25.4 Å². The molecule has 0 N–H and O–H groups in total. The molecular formula is C10H10N2OS. The van der Waals surface area contributed by atoms with E-state index in [1.54, 1.807) is 28.4 Å². The number of aromatic nitrogens is 2. The van der Waals surface area contributed by atoms with Gasteiger partial charge in [0.25, 0.3) is 0 Å². The topological polar surface area (TPSA) is 34.9 Å². The molecule has 0 aliphatic carbocycles. The van der Waals surface area contributed by atoms with Gasteiger partial charge >= 0.3 is 0 Å². The number of carbonyl (C=O) groups is 1. The maximum absolute atomic E-state index is 11.9. The Balaban J connectivity index is 2.38. The van der Waals surface area contributed by atoms with E-state index < -0.39 is 0 Å². The Labute approximate surface area is 86.0 Å². The molecule has 0 atom stereocenters. The van der Waals surface area contributed by atoms with E-state index >= 15 is 0 Å². The SMILES string of the molecule is Cc1cc(C(=O)c2cncn2C)cs1. The minimum atomic E-state index is 0.0364. The van der Waals surface area contributed by atoms with Crippen molar-refractivity contribution in [3.05, 3.63) is 40.1 Å². The van der Waals surface area contributed by atoms with Crippen molar-refractivity contribution in [2.45, 2.75) is 6.92 Å². The van der Waals surface area contributed by atoms with Crippen LogP contribution in [0.4, 0.5) is 0 Å². The van der Waals surface area contributed by atoms with Gasteiger partial charge in [-0.2, -0.15) is 0 Å². The highest BCUT2D eigenvalue weighted by molar-refractivity contribution is 7.10. The first kappa shape index (κ1) is 9.15. The zero-order valence-electron chi connectivity index (χ0n) is 8.02. The lowest BCUT2D eigenvalue weighted by Crippen LogP contribution is -2.05. The van der Waals surface area contributed by atoms with E-state index in [4.69, 9.17) is 0 Å². The molecule has 0 amide bonds. The van der Waals surface area contributed by atoms with Crippen LogP contribution in [-0.4, -0.2) is 15.3 Å².